The fourth-order valence-electron chi connectivity index (χ4n) is 1.72. The number of hydrogen-bond donors (Lipinski definition) is 1. The maximum Gasteiger partial charge on any atom is 0.252 e. The van der Waals surface area contributed by atoms with Gasteiger partial charge in [0, 0.05) is 4.90 Å². The maximum absolute atomic E-state index is 12.2. The summed E-state index contributed by atoms with van der Waals surface area (Å²) in [5.41, 5.74) is 0.698. The lowest BCUT2D eigenvalue weighted by Gasteiger charge is -2.13. The van der Waals surface area contributed by atoms with Gasteiger partial charge < -0.3 is 9.73 Å². The van der Waals surface area contributed by atoms with Gasteiger partial charge in [0.05, 0.1) is 17.9 Å². The van der Waals surface area contributed by atoms with Crippen LogP contribution in [0.2, 0.25) is 0 Å². The number of carbonyl (C=O) groups excluding carboxylic acids is 1. The molecule has 0 fully saturated rings. The molecule has 0 spiro atoms. The Kier molecular flexibility index (Phi) is 4.10. The number of benzene rings is 1. The Morgan fingerprint density at radius 1 is 1.28 bits per heavy atom. The second-order valence-electron chi connectivity index (χ2n) is 3.91. The highest BCUT2D eigenvalue weighted by molar-refractivity contribution is 7.98. The molecule has 3 nitrogen and oxygen atoms in total. The Bertz CT molecular complexity index is 522. The van der Waals surface area contributed by atoms with Crippen LogP contribution in [0.1, 0.15) is 29.1 Å². The average molecular weight is 261 g/mol. The van der Waals surface area contributed by atoms with Gasteiger partial charge in [0.2, 0.25) is 0 Å². The molecule has 0 radical (unpaired) electrons. The van der Waals surface area contributed by atoms with Crippen molar-refractivity contribution in [2.45, 2.75) is 17.9 Å². The second kappa shape index (κ2) is 5.78. The van der Waals surface area contributed by atoms with Crippen molar-refractivity contribution in [3.05, 3.63) is 54.0 Å². The summed E-state index contributed by atoms with van der Waals surface area (Å²) < 4.78 is 5.27. The van der Waals surface area contributed by atoms with Gasteiger partial charge in [-0.1, -0.05) is 12.1 Å². The van der Waals surface area contributed by atoms with Crippen LogP contribution < -0.4 is 5.32 Å². The number of thioether (sulfide) groups is 1. The summed E-state index contributed by atoms with van der Waals surface area (Å²) in [5, 5.41) is 2.93. The predicted octanol–water partition coefficient (Wildman–Crippen LogP) is 3.49. The predicted molar refractivity (Wildman–Crippen MR) is 72.8 cm³/mol. The number of rotatable bonds is 4. The second-order valence-corrected chi connectivity index (χ2v) is 4.76. The fourth-order valence-corrected chi connectivity index (χ4v) is 2.31. The lowest BCUT2D eigenvalue weighted by atomic mass is 10.2. The minimum Gasteiger partial charge on any atom is -0.467 e. The van der Waals surface area contributed by atoms with E-state index in [0.29, 0.717) is 5.56 Å². The first-order valence-electron chi connectivity index (χ1n) is 5.69. The first-order chi connectivity index (χ1) is 8.72. The van der Waals surface area contributed by atoms with E-state index < -0.39 is 0 Å². The molecule has 2 aromatic rings. The van der Waals surface area contributed by atoms with Gasteiger partial charge in [-0.3, -0.25) is 4.79 Å². The largest absolute Gasteiger partial charge is 0.467 e. The van der Waals surface area contributed by atoms with Crippen molar-refractivity contribution in [3.8, 4) is 0 Å². The van der Waals surface area contributed by atoms with Gasteiger partial charge in [-0.2, -0.15) is 0 Å². The van der Waals surface area contributed by atoms with Crippen molar-refractivity contribution >= 4 is 17.7 Å². The molecule has 1 amide bonds. The minimum atomic E-state index is -0.137. The number of hydrogen-bond acceptors (Lipinski definition) is 3. The van der Waals surface area contributed by atoms with Crippen molar-refractivity contribution in [2.75, 3.05) is 6.26 Å². The maximum atomic E-state index is 12.2. The van der Waals surface area contributed by atoms with Crippen LogP contribution in [0.3, 0.4) is 0 Å². The molecule has 0 bridgehead atoms. The van der Waals surface area contributed by atoms with Crippen LogP contribution in [0.25, 0.3) is 0 Å². The summed E-state index contributed by atoms with van der Waals surface area (Å²) in [5.74, 6) is 0.675. The Morgan fingerprint density at radius 3 is 2.72 bits per heavy atom. The van der Waals surface area contributed by atoms with E-state index in [0.717, 1.165) is 10.7 Å². The average Bonchev–Trinajstić information content (AvgIpc) is 2.92. The van der Waals surface area contributed by atoms with Crippen molar-refractivity contribution in [2.24, 2.45) is 0 Å². The standard InChI is InChI=1S/C14H15NO2S/c1-10(12-7-5-9-17-12)15-14(16)11-6-3-4-8-13(11)18-2/h3-10H,1-2H3,(H,15,16). The first kappa shape index (κ1) is 12.8. The van der Waals surface area contributed by atoms with Crippen LogP contribution in [0.15, 0.2) is 52.0 Å². The number of carbonyl (C=O) groups is 1. The van der Waals surface area contributed by atoms with Gasteiger partial charge in [-0.25, -0.2) is 0 Å². The molecular formula is C14H15NO2S. The molecule has 94 valence electrons. The van der Waals surface area contributed by atoms with E-state index in [4.69, 9.17) is 4.42 Å². The molecule has 1 atom stereocenters. The highest BCUT2D eigenvalue weighted by Gasteiger charge is 2.15. The summed E-state index contributed by atoms with van der Waals surface area (Å²) in [6, 6.07) is 11.1. The van der Waals surface area contributed by atoms with Crippen molar-refractivity contribution < 1.29 is 9.21 Å². The number of furan rings is 1. The zero-order valence-electron chi connectivity index (χ0n) is 10.3. The van der Waals surface area contributed by atoms with E-state index in [1.807, 2.05) is 49.6 Å². The van der Waals surface area contributed by atoms with Gasteiger partial charge >= 0.3 is 0 Å². The van der Waals surface area contributed by atoms with E-state index in [1.54, 1.807) is 18.0 Å². The highest BCUT2D eigenvalue weighted by Crippen LogP contribution is 2.21. The van der Waals surface area contributed by atoms with Crippen LogP contribution >= 0.6 is 11.8 Å². The number of amides is 1. The Hall–Kier alpha value is -1.68. The van der Waals surface area contributed by atoms with E-state index in [-0.39, 0.29) is 11.9 Å². The molecule has 0 saturated heterocycles. The summed E-state index contributed by atoms with van der Waals surface area (Å²) in [6.07, 6.45) is 3.57. The Morgan fingerprint density at radius 2 is 2.06 bits per heavy atom. The lowest BCUT2D eigenvalue weighted by Crippen LogP contribution is -2.26. The van der Waals surface area contributed by atoms with Crippen molar-refractivity contribution in [1.29, 1.82) is 0 Å². The monoisotopic (exact) mass is 261 g/mol. The molecule has 18 heavy (non-hydrogen) atoms. The molecule has 0 aliphatic heterocycles. The van der Waals surface area contributed by atoms with Gasteiger partial charge in [0.25, 0.3) is 5.91 Å². The Labute approximate surface area is 111 Å². The molecule has 1 aromatic heterocycles. The fraction of sp³-hybridized carbons (Fsp3) is 0.214. The molecule has 4 heteroatoms. The zero-order valence-corrected chi connectivity index (χ0v) is 11.2. The minimum absolute atomic E-state index is 0.0798. The third-order valence-corrected chi connectivity index (χ3v) is 3.46. The van der Waals surface area contributed by atoms with Crippen LogP contribution in [0, 0.1) is 0 Å². The van der Waals surface area contributed by atoms with Crippen LogP contribution in [-0.2, 0) is 0 Å². The Balaban J connectivity index is 2.12. The van der Waals surface area contributed by atoms with Crippen LogP contribution in [-0.4, -0.2) is 12.2 Å². The van der Waals surface area contributed by atoms with E-state index in [9.17, 15) is 4.79 Å². The molecule has 1 unspecified atom stereocenters. The molecular weight excluding hydrogens is 246 g/mol. The van der Waals surface area contributed by atoms with E-state index >= 15 is 0 Å². The van der Waals surface area contributed by atoms with Gasteiger partial charge in [0.15, 0.2) is 0 Å². The number of nitrogens with one attached hydrogen (secondary N) is 1. The third-order valence-electron chi connectivity index (χ3n) is 2.67. The van der Waals surface area contributed by atoms with Gasteiger partial charge in [-0.05, 0) is 37.4 Å². The smallest absolute Gasteiger partial charge is 0.252 e. The third kappa shape index (κ3) is 2.76. The molecule has 1 aromatic carbocycles. The topological polar surface area (TPSA) is 42.2 Å². The molecule has 2 rings (SSSR count). The zero-order chi connectivity index (χ0) is 13.0. The summed E-state index contributed by atoms with van der Waals surface area (Å²) in [7, 11) is 0. The summed E-state index contributed by atoms with van der Waals surface area (Å²) in [6.45, 7) is 1.90. The van der Waals surface area contributed by atoms with E-state index in [2.05, 4.69) is 5.32 Å². The van der Waals surface area contributed by atoms with Crippen LogP contribution in [0.5, 0.6) is 0 Å². The summed E-state index contributed by atoms with van der Waals surface area (Å²) in [4.78, 5) is 13.1. The van der Waals surface area contributed by atoms with Gasteiger partial charge in [0.1, 0.15) is 5.76 Å². The quantitative estimate of drug-likeness (QED) is 0.857. The van der Waals surface area contributed by atoms with Crippen molar-refractivity contribution in [1.82, 2.24) is 5.32 Å². The molecule has 1 heterocycles. The highest BCUT2D eigenvalue weighted by atomic mass is 32.2. The normalized spacial score (nSPS) is 12.1. The molecule has 0 saturated carbocycles. The summed E-state index contributed by atoms with van der Waals surface area (Å²) >= 11 is 1.56. The lowest BCUT2D eigenvalue weighted by molar-refractivity contribution is 0.0932. The first-order valence-corrected chi connectivity index (χ1v) is 6.92. The molecule has 1 N–H and O–H groups in total. The van der Waals surface area contributed by atoms with Gasteiger partial charge in [-0.15, -0.1) is 11.8 Å². The van der Waals surface area contributed by atoms with Crippen molar-refractivity contribution in [3.63, 3.8) is 0 Å². The SMILES string of the molecule is CSc1ccccc1C(=O)NC(C)c1ccco1. The van der Waals surface area contributed by atoms with Crippen LogP contribution in [0.4, 0.5) is 0 Å². The molecule has 0 aliphatic rings. The molecule has 0 aliphatic carbocycles. The van der Waals surface area contributed by atoms with E-state index in [1.165, 1.54) is 0 Å².